The van der Waals surface area contributed by atoms with Gasteiger partial charge in [-0.2, -0.15) is 0 Å². The van der Waals surface area contributed by atoms with Crippen molar-refractivity contribution in [3.8, 4) is 0 Å². The average Bonchev–Trinajstić information content (AvgIpc) is 2.59. The van der Waals surface area contributed by atoms with Gasteiger partial charge in [-0.1, -0.05) is 36.4 Å². The Bertz CT molecular complexity index is 797. The molecule has 0 saturated heterocycles. The van der Waals surface area contributed by atoms with E-state index in [0.717, 1.165) is 32.9 Å². The van der Waals surface area contributed by atoms with Crippen LogP contribution in [0.2, 0.25) is 0 Å². The summed E-state index contributed by atoms with van der Waals surface area (Å²) in [6.07, 6.45) is 0. The molecule has 0 amide bonds. The molecule has 0 radical (unpaired) electrons. The van der Waals surface area contributed by atoms with Crippen molar-refractivity contribution in [2.75, 3.05) is 0 Å². The van der Waals surface area contributed by atoms with Gasteiger partial charge in [-0.3, -0.25) is 9.78 Å². The molecule has 3 rings (SSSR count). The van der Waals surface area contributed by atoms with Crippen molar-refractivity contribution in [3.05, 3.63) is 83.7 Å². The summed E-state index contributed by atoms with van der Waals surface area (Å²) in [5, 5.41) is 3.23. The van der Waals surface area contributed by atoms with Crippen LogP contribution in [0.3, 0.4) is 0 Å². The maximum Gasteiger partial charge on any atom is 0.272 e. The van der Waals surface area contributed by atoms with Gasteiger partial charge in [-0.05, 0) is 56.7 Å². The van der Waals surface area contributed by atoms with Gasteiger partial charge >= 0.3 is 0 Å². The quantitative estimate of drug-likeness (QED) is 0.540. The highest BCUT2D eigenvalue weighted by atomic mass is 31.2. The minimum Gasteiger partial charge on any atom is -0.255 e. The highest BCUT2D eigenvalue weighted by Crippen LogP contribution is 2.53. The Morgan fingerprint density at radius 3 is 1.75 bits per heavy atom. The molecule has 0 bridgehead atoms. The first-order valence-corrected chi connectivity index (χ1v) is 9.87. The topological polar surface area (TPSA) is 30.0 Å². The molecule has 3 aromatic rings. The van der Waals surface area contributed by atoms with Crippen molar-refractivity contribution >= 4 is 29.2 Å². The summed E-state index contributed by atoms with van der Waals surface area (Å²) >= 11 is 0. The number of carbonyl (C=O) groups is 1. The third-order valence-electron chi connectivity index (χ3n) is 4.32. The number of hydrogen-bond acceptors (Lipinski definition) is 2. The van der Waals surface area contributed by atoms with Gasteiger partial charge in [0.15, 0.2) is 7.26 Å². The summed E-state index contributed by atoms with van der Waals surface area (Å²) in [7, 11) is -2.37. The number of benzene rings is 2. The van der Waals surface area contributed by atoms with Crippen LogP contribution in [0.25, 0.3) is 0 Å². The maximum absolute atomic E-state index is 12.6. The summed E-state index contributed by atoms with van der Waals surface area (Å²) in [6.45, 7) is 6.09. The molecule has 1 heterocycles. The van der Waals surface area contributed by atoms with Gasteiger partial charge in [0, 0.05) is 5.69 Å². The second-order valence-corrected chi connectivity index (χ2v) is 9.15. The molecule has 1 aromatic heterocycles. The first-order valence-electron chi connectivity index (χ1n) is 8.01. The van der Waals surface area contributed by atoms with Crippen molar-refractivity contribution < 1.29 is 4.79 Å². The zero-order valence-electron chi connectivity index (χ0n) is 14.2. The molecular weight excluding hydrogens is 313 g/mol. The van der Waals surface area contributed by atoms with Crippen LogP contribution in [-0.2, 0) is 4.79 Å². The zero-order valence-corrected chi connectivity index (χ0v) is 15.1. The number of aryl methyl sites for hydroxylation is 3. The van der Waals surface area contributed by atoms with E-state index in [1.54, 1.807) is 0 Å². The summed E-state index contributed by atoms with van der Waals surface area (Å²) < 4.78 is 0. The second kappa shape index (κ2) is 6.67. The van der Waals surface area contributed by atoms with E-state index >= 15 is 0 Å². The minimum atomic E-state index is -2.37. The lowest BCUT2D eigenvalue weighted by Gasteiger charge is -2.24. The standard InChI is InChI=1S/C21H21NOP/c1-16-14-17(2)22-18(3)21(16)24(15-23,19-10-6-4-7-11-19)20-12-8-5-9-13-20/h4-15H,1-3H3/q+1. The molecule has 0 spiro atoms. The largest absolute Gasteiger partial charge is 0.272 e. The van der Waals surface area contributed by atoms with Crippen molar-refractivity contribution in [1.82, 2.24) is 4.98 Å². The van der Waals surface area contributed by atoms with Crippen LogP contribution in [0.1, 0.15) is 17.0 Å². The molecule has 0 aliphatic carbocycles. The molecule has 2 nitrogen and oxygen atoms in total. The highest BCUT2D eigenvalue weighted by molar-refractivity contribution is 8.06. The number of nitrogens with zero attached hydrogens (tertiary/aromatic N) is 1. The molecule has 120 valence electrons. The third kappa shape index (κ3) is 2.68. The Morgan fingerprint density at radius 2 is 1.33 bits per heavy atom. The Hall–Kier alpha value is -2.31. The lowest BCUT2D eigenvalue weighted by molar-refractivity contribution is 0.569. The van der Waals surface area contributed by atoms with E-state index in [-0.39, 0.29) is 0 Å². The van der Waals surface area contributed by atoms with Crippen molar-refractivity contribution in [2.45, 2.75) is 20.8 Å². The van der Waals surface area contributed by atoms with Gasteiger partial charge in [0.25, 0.3) is 6.03 Å². The molecule has 3 heteroatoms. The minimum absolute atomic E-state index is 0.945. The van der Waals surface area contributed by atoms with Crippen LogP contribution in [0.5, 0.6) is 0 Å². The molecule has 0 aliphatic heterocycles. The summed E-state index contributed by atoms with van der Waals surface area (Å²) in [5.41, 5.74) is 3.06. The van der Waals surface area contributed by atoms with Crippen LogP contribution in [-0.4, -0.2) is 11.0 Å². The molecule has 0 unspecified atom stereocenters. The van der Waals surface area contributed by atoms with Crippen molar-refractivity contribution in [2.24, 2.45) is 0 Å². The average molecular weight is 334 g/mol. The third-order valence-corrected chi connectivity index (χ3v) is 8.25. The van der Waals surface area contributed by atoms with Gasteiger partial charge in [0.05, 0.1) is 5.69 Å². The van der Waals surface area contributed by atoms with E-state index in [0.29, 0.717) is 0 Å². The lowest BCUT2D eigenvalue weighted by atomic mass is 10.2. The summed E-state index contributed by atoms with van der Waals surface area (Å²) in [4.78, 5) is 17.3. The summed E-state index contributed by atoms with van der Waals surface area (Å²) in [6, 6.07) is 23.5. The van der Waals surface area contributed by atoms with Gasteiger partial charge < -0.3 is 0 Å². The van der Waals surface area contributed by atoms with Crippen molar-refractivity contribution in [1.29, 1.82) is 0 Å². The number of carbonyl (C=O) groups excluding carboxylic acids is 1. The highest BCUT2D eigenvalue weighted by Gasteiger charge is 2.48. The van der Waals surface area contributed by atoms with Crippen LogP contribution >= 0.6 is 7.26 Å². The predicted molar refractivity (Wildman–Crippen MR) is 104 cm³/mol. The van der Waals surface area contributed by atoms with Gasteiger partial charge in [0.2, 0.25) is 0 Å². The van der Waals surface area contributed by atoms with Gasteiger partial charge in [-0.15, -0.1) is 0 Å². The predicted octanol–water partition coefficient (Wildman–Crippen LogP) is 3.49. The van der Waals surface area contributed by atoms with Crippen LogP contribution in [0.15, 0.2) is 66.7 Å². The second-order valence-electron chi connectivity index (χ2n) is 6.01. The number of pyridine rings is 1. The number of rotatable bonds is 4. The molecule has 0 atom stereocenters. The number of hydrogen-bond donors (Lipinski definition) is 0. The molecule has 0 fully saturated rings. The smallest absolute Gasteiger partial charge is 0.255 e. The number of aromatic nitrogens is 1. The first-order chi connectivity index (χ1) is 11.6. The fraction of sp³-hybridized carbons (Fsp3) is 0.143. The molecule has 0 saturated carbocycles. The zero-order chi connectivity index (χ0) is 17.2. The molecule has 0 N–H and O–H groups in total. The molecule has 2 aromatic carbocycles. The van der Waals surface area contributed by atoms with Gasteiger partial charge in [0.1, 0.15) is 15.9 Å². The Kier molecular flexibility index (Phi) is 4.59. The Balaban J connectivity index is 2.42. The molecular formula is C21H21NOP+. The lowest BCUT2D eigenvalue weighted by Crippen LogP contribution is -2.35. The fourth-order valence-corrected chi connectivity index (χ4v) is 7.09. The first kappa shape index (κ1) is 16.5. The summed E-state index contributed by atoms with van der Waals surface area (Å²) in [5.74, 6) is 0. The SMILES string of the molecule is Cc1cc(C)c([P+](C=O)(c2ccccc2)c2ccccc2)c(C)n1. The van der Waals surface area contributed by atoms with E-state index in [2.05, 4.69) is 42.2 Å². The van der Waals surface area contributed by atoms with E-state index < -0.39 is 7.26 Å². The van der Waals surface area contributed by atoms with Crippen molar-refractivity contribution in [3.63, 3.8) is 0 Å². The monoisotopic (exact) mass is 334 g/mol. The fourth-order valence-electron chi connectivity index (χ4n) is 3.46. The maximum atomic E-state index is 12.6. The van der Waals surface area contributed by atoms with E-state index in [1.165, 1.54) is 6.03 Å². The van der Waals surface area contributed by atoms with E-state index in [9.17, 15) is 4.79 Å². The molecule has 24 heavy (non-hydrogen) atoms. The van der Waals surface area contributed by atoms with E-state index in [4.69, 9.17) is 0 Å². The Morgan fingerprint density at radius 1 is 0.833 bits per heavy atom. The Labute approximate surface area is 143 Å². The van der Waals surface area contributed by atoms with Crippen LogP contribution < -0.4 is 15.9 Å². The molecule has 0 aliphatic rings. The van der Waals surface area contributed by atoms with E-state index in [1.807, 2.05) is 50.2 Å². The van der Waals surface area contributed by atoms with Crippen LogP contribution in [0, 0.1) is 20.8 Å². The normalized spacial score (nSPS) is 11.3. The van der Waals surface area contributed by atoms with Gasteiger partial charge in [-0.25, -0.2) is 0 Å². The van der Waals surface area contributed by atoms with Crippen LogP contribution in [0.4, 0.5) is 0 Å².